The third-order valence-electron chi connectivity index (χ3n) is 8.27. The number of aromatic nitrogens is 2. The number of rotatable bonds is 9. The molecule has 2 aliphatic rings. The lowest BCUT2D eigenvalue weighted by Gasteiger charge is -2.31. The number of hydrogen-bond donors (Lipinski definition) is 3. The number of nitrogens with zero attached hydrogens (tertiary/aromatic N) is 2. The minimum atomic E-state index is -0.0408. The first-order valence-corrected chi connectivity index (χ1v) is 15.0. The third kappa shape index (κ3) is 5.88. The van der Waals surface area contributed by atoms with Gasteiger partial charge in [-0.2, -0.15) is 16.4 Å². The molecule has 4 aromatic rings. The summed E-state index contributed by atoms with van der Waals surface area (Å²) in [4.78, 5) is 15.7. The molecule has 204 valence electrons. The Morgan fingerprint density at radius 3 is 2.62 bits per heavy atom. The fraction of sp³-hybridized carbons (Fsp3) is 0.419. The number of carbonyl (C=O) groups excluding carboxylic acids is 1. The largest absolute Gasteiger partial charge is 0.490 e. The molecule has 1 saturated heterocycles. The van der Waals surface area contributed by atoms with Crippen molar-refractivity contribution in [2.75, 3.05) is 26.2 Å². The van der Waals surface area contributed by atoms with Crippen LogP contribution in [0.25, 0.3) is 22.2 Å². The molecule has 0 bridgehead atoms. The SMILES string of the molecule is O=C(N[C@@H](c1ccsc1)C1CCCC1)c1ccc2[nH]nc(-c3ccc(OC4CCN(CCO)CC4)cc3)c2c1. The predicted molar refractivity (Wildman–Crippen MR) is 155 cm³/mol. The maximum Gasteiger partial charge on any atom is 0.251 e. The number of aliphatic hydroxyl groups excluding tert-OH is 1. The molecule has 1 aliphatic heterocycles. The van der Waals surface area contributed by atoms with Crippen LogP contribution in [0.15, 0.2) is 59.3 Å². The van der Waals surface area contributed by atoms with Gasteiger partial charge in [0.25, 0.3) is 5.91 Å². The van der Waals surface area contributed by atoms with E-state index in [4.69, 9.17) is 9.84 Å². The molecule has 39 heavy (non-hydrogen) atoms. The van der Waals surface area contributed by atoms with Crippen molar-refractivity contribution < 1.29 is 14.6 Å². The highest BCUT2D eigenvalue weighted by Crippen LogP contribution is 2.37. The van der Waals surface area contributed by atoms with Crippen LogP contribution < -0.4 is 10.1 Å². The molecule has 2 fully saturated rings. The summed E-state index contributed by atoms with van der Waals surface area (Å²) in [6.45, 7) is 2.84. The van der Waals surface area contributed by atoms with E-state index in [1.165, 1.54) is 18.4 Å². The van der Waals surface area contributed by atoms with E-state index >= 15 is 0 Å². The number of hydrogen-bond acceptors (Lipinski definition) is 6. The summed E-state index contributed by atoms with van der Waals surface area (Å²) in [5.74, 6) is 1.30. The van der Waals surface area contributed by atoms with Gasteiger partial charge in [0.15, 0.2) is 0 Å². The second-order valence-corrected chi connectivity index (χ2v) is 11.6. The number of ether oxygens (including phenoxy) is 1. The lowest BCUT2D eigenvalue weighted by molar-refractivity contribution is 0.0889. The zero-order chi connectivity index (χ0) is 26.6. The summed E-state index contributed by atoms with van der Waals surface area (Å²) in [5, 5.41) is 25.4. The van der Waals surface area contributed by atoms with E-state index in [-0.39, 0.29) is 24.7 Å². The number of benzene rings is 2. The molecule has 3 N–H and O–H groups in total. The van der Waals surface area contributed by atoms with Crippen molar-refractivity contribution >= 4 is 28.1 Å². The second kappa shape index (κ2) is 11.9. The summed E-state index contributed by atoms with van der Waals surface area (Å²) in [6, 6.07) is 16.0. The van der Waals surface area contributed by atoms with Gasteiger partial charge in [0, 0.05) is 36.1 Å². The second-order valence-electron chi connectivity index (χ2n) is 10.8. The highest BCUT2D eigenvalue weighted by Gasteiger charge is 2.28. The number of β-amino-alcohol motifs (C(OH)–C–C–N with tert-alkyl or cyclic N) is 1. The number of aromatic amines is 1. The van der Waals surface area contributed by atoms with E-state index in [0.717, 1.165) is 73.2 Å². The number of H-pyrrole nitrogens is 1. The van der Waals surface area contributed by atoms with Crippen LogP contribution in [0, 0.1) is 5.92 Å². The maximum absolute atomic E-state index is 13.4. The normalized spacial score (nSPS) is 18.0. The molecule has 3 heterocycles. The van der Waals surface area contributed by atoms with E-state index in [1.807, 2.05) is 42.5 Å². The van der Waals surface area contributed by atoms with Crippen molar-refractivity contribution in [3.05, 3.63) is 70.4 Å². The minimum Gasteiger partial charge on any atom is -0.490 e. The van der Waals surface area contributed by atoms with Gasteiger partial charge < -0.3 is 20.1 Å². The Hall–Kier alpha value is -3.20. The maximum atomic E-state index is 13.4. The molecule has 0 radical (unpaired) electrons. The molecular weight excluding hydrogens is 508 g/mol. The Morgan fingerprint density at radius 2 is 1.90 bits per heavy atom. The molecule has 6 rings (SSSR count). The van der Waals surface area contributed by atoms with E-state index in [1.54, 1.807) is 11.3 Å². The van der Waals surface area contributed by atoms with E-state index in [0.29, 0.717) is 11.5 Å². The van der Waals surface area contributed by atoms with Crippen molar-refractivity contribution in [3.63, 3.8) is 0 Å². The molecule has 1 amide bonds. The van der Waals surface area contributed by atoms with Crippen LogP contribution in [0.1, 0.15) is 60.5 Å². The van der Waals surface area contributed by atoms with Crippen LogP contribution in [0.4, 0.5) is 0 Å². The van der Waals surface area contributed by atoms with Crippen LogP contribution >= 0.6 is 11.3 Å². The van der Waals surface area contributed by atoms with Crippen LogP contribution in [0.5, 0.6) is 5.75 Å². The molecule has 1 aliphatic carbocycles. The molecule has 8 heteroatoms. The minimum absolute atomic E-state index is 0.0408. The average Bonchev–Trinajstić information content (AvgIpc) is 3.76. The molecule has 0 unspecified atom stereocenters. The lowest BCUT2D eigenvalue weighted by Crippen LogP contribution is -2.39. The van der Waals surface area contributed by atoms with Crippen molar-refractivity contribution in [2.24, 2.45) is 5.92 Å². The fourth-order valence-corrected chi connectivity index (χ4v) is 6.79. The first-order chi connectivity index (χ1) is 19.2. The summed E-state index contributed by atoms with van der Waals surface area (Å²) in [7, 11) is 0. The summed E-state index contributed by atoms with van der Waals surface area (Å²) >= 11 is 1.68. The molecular formula is C31H36N4O3S. The molecule has 1 atom stereocenters. The summed E-state index contributed by atoms with van der Waals surface area (Å²) < 4.78 is 6.23. The third-order valence-corrected chi connectivity index (χ3v) is 8.97. The fourth-order valence-electron chi connectivity index (χ4n) is 6.09. The molecule has 1 saturated carbocycles. The first kappa shape index (κ1) is 26.0. The highest BCUT2D eigenvalue weighted by atomic mass is 32.1. The van der Waals surface area contributed by atoms with E-state index in [2.05, 4.69) is 37.2 Å². The molecule has 7 nitrogen and oxygen atoms in total. The number of carbonyl (C=O) groups is 1. The number of fused-ring (bicyclic) bond motifs is 1. The standard InChI is InChI=1S/C31H36N4O3S/c36-17-16-35-14-11-26(12-15-35)38-25-8-5-22(6-9-25)30-27-19-23(7-10-28(27)33-34-30)31(37)32-29(21-3-1-2-4-21)24-13-18-39-20-24/h5-10,13,18-21,26,29,36H,1-4,11-12,14-17H2,(H,32,37)(H,33,34)/t29-/m1/s1. The topological polar surface area (TPSA) is 90.5 Å². The van der Waals surface area contributed by atoms with Gasteiger partial charge in [-0.3, -0.25) is 9.89 Å². The van der Waals surface area contributed by atoms with Crippen molar-refractivity contribution in [1.29, 1.82) is 0 Å². The van der Waals surface area contributed by atoms with Crippen LogP contribution in [0.2, 0.25) is 0 Å². The average molecular weight is 545 g/mol. The van der Waals surface area contributed by atoms with Crippen molar-refractivity contribution in [2.45, 2.75) is 50.7 Å². The number of aliphatic hydroxyl groups is 1. The summed E-state index contributed by atoms with van der Waals surface area (Å²) in [6.07, 6.45) is 6.91. The van der Waals surface area contributed by atoms with Crippen LogP contribution in [-0.2, 0) is 0 Å². The summed E-state index contributed by atoms with van der Waals surface area (Å²) in [5.41, 5.74) is 4.57. The molecule has 2 aromatic heterocycles. The lowest BCUT2D eigenvalue weighted by atomic mass is 9.93. The van der Waals surface area contributed by atoms with Gasteiger partial charge in [0.05, 0.1) is 23.9 Å². The first-order valence-electron chi connectivity index (χ1n) is 14.1. The predicted octanol–water partition coefficient (Wildman–Crippen LogP) is 5.79. The zero-order valence-electron chi connectivity index (χ0n) is 22.1. The Labute approximate surface area is 233 Å². The van der Waals surface area contributed by atoms with Gasteiger partial charge in [-0.25, -0.2) is 0 Å². The van der Waals surface area contributed by atoms with Crippen LogP contribution in [-0.4, -0.2) is 58.5 Å². The number of likely N-dealkylation sites (tertiary alicyclic amines) is 1. The Bertz CT molecular complexity index is 1370. The number of piperidine rings is 1. The van der Waals surface area contributed by atoms with Crippen LogP contribution in [0.3, 0.4) is 0 Å². The quantitative estimate of drug-likeness (QED) is 0.248. The zero-order valence-corrected chi connectivity index (χ0v) is 23.0. The van der Waals surface area contributed by atoms with Crippen molar-refractivity contribution in [3.8, 4) is 17.0 Å². The van der Waals surface area contributed by atoms with Gasteiger partial charge in [0.2, 0.25) is 0 Å². The highest BCUT2D eigenvalue weighted by molar-refractivity contribution is 7.08. The number of thiophene rings is 1. The van der Waals surface area contributed by atoms with E-state index in [9.17, 15) is 4.79 Å². The smallest absolute Gasteiger partial charge is 0.251 e. The Balaban J connectivity index is 1.16. The van der Waals surface area contributed by atoms with Gasteiger partial charge in [-0.05, 0) is 96.5 Å². The van der Waals surface area contributed by atoms with Gasteiger partial charge in [0.1, 0.15) is 11.9 Å². The number of amides is 1. The number of nitrogens with one attached hydrogen (secondary N) is 2. The Kier molecular flexibility index (Phi) is 7.95. The van der Waals surface area contributed by atoms with Gasteiger partial charge in [-0.15, -0.1) is 0 Å². The Morgan fingerprint density at radius 1 is 1.10 bits per heavy atom. The van der Waals surface area contributed by atoms with Gasteiger partial charge in [-0.1, -0.05) is 12.8 Å². The molecule has 2 aromatic carbocycles. The van der Waals surface area contributed by atoms with Crippen molar-refractivity contribution in [1.82, 2.24) is 20.4 Å². The van der Waals surface area contributed by atoms with Gasteiger partial charge >= 0.3 is 0 Å². The molecule has 0 spiro atoms. The monoisotopic (exact) mass is 544 g/mol. The van der Waals surface area contributed by atoms with E-state index < -0.39 is 0 Å².